The summed E-state index contributed by atoms with van der Waals surface area (Å²) in [6.07, 6.45) is -3.82. The van der Waals surface area contributed by atoms with Crippen LogP contribution in [0.25, 0.3) is 0 Å². The molecule has 0 aliphatic rings. The van der Waals surface area contributed by atoms with Crippen LogP contribution >= 0.6 is 0 Å². The Hall–Kier alpha value is -1.53. The molecule has 114 valence electrons. The fourth-order valence-electron chi connectivity index (χ4n) is 2.21. The summed E-state index contributed by atoms with van der Waals surface area (Å²) >= 11 is 0. The third kappa shape index (κ3) is 3.98. The molecular formula is C13H21F3N4. The largest absolute Gasteiger partial charge is 0.421 e. The van der Waals surface area contributed by atoms with Crippen LogP contribution in [0.5, 0.6) is 0 Å². The molecule has 1 aromatic rings. The molecule has 0 unspecified atom stereocenters. The zero-order valence-corrected chi connectivity index (χ0v) is 12.3. The van der Waals surface area contributed by atoms with Gasteiger partial charge in [-0.05, 0) is 11.3 Å². The first-order valence-corrected chi connectivity index (χ1v) is 6.39. The molecule has 0 aliphatic heterocycles. The first-order chi connectivity index (χ1) is 8.93. The lowest BCUT2D eigenvalue weighted by Crippen LogP contribution is -2.39. The first kappa shape index (κ1) is 16.5. The SMILES string of the molecule is CC(C)[C@@H](Nc1ncc(C(F)(F)F)c(N)n1)C(C)(C)C. The van der Waals surface area contributed by atoms with Gasteiger partial charge in [0.2, 0.25) is 5.95 Å². The van der Waals surface area contributed by atoms with Gasteiger partial charge < -0.3 is 11.1 Å². The number of nitrogens with one attached hydrogen (secondary N) is 1. The van der Waals surface area contributed by atoms with Crippen molar-refractivity contribution in [1.82, 2.24) is 9.97 Å². The van der Waals surface area contributed by atoms with Crippen molar-refractivity contribution in [3.63, 3.8) is 0 Å². The van der Waals surface area contributed by atoms with Gasteiger partial charge in [0.25, 0.3) is 0 Å². The molecule has 20 heavy (non-hydrogen) atoms. The smallest absolute Gasteiger partial charge is 0.383 e. The molecule has 0 aliphatic carbocycles. The molecule has 0 spiro atoms. The van der Waals surface area contributed by atoms with Gasteiger partial charge in [0.1, 0.15) is 11.4 Å². The van der Waals surface area contributed by atoms with Crippen LogP contribution in [0.4, 0.5) is 24.9 Å². The second kappa shape index (κ2) is 5.46. The van der Waals surface area contributed by atoms with Gasteiger partial charge in [-0.15, -0.1) is 0 Å². The number of alkyl halides is 3. The molecular weight excluding hydrogens is 269 g/mol. The van der Waals surface area contributed by atoms with E-state index >= 15 is 0 Å². The molecule has 3 N–H and O–H groups in total. The molecule has 1 rings (SSSR count). The summed E-state index contributed by atoms with van der Waals surface area (Å²) in [7, 11) is 0. The van der Waals surface area contributed by atoms with Gasteiger partial charge in [-0.3, -0.25) is 0 Å². The van der Waals surface area contributed by atoms with Crippen LogP contribution in [0.1, 0.15) is 40.2 Å². The number of hydrogen-bond acceptors (Lipinski definition) is 4. The number of nitrogens with zero attached hydrogens (tertiary/aromatic N) is 2. The van der Waals surface area contributed by atoms with E-state index in [0.29, 0.717) is 6.20 Å². The summed E-state index contributed by atoms with van der Waals surface area (Å²) in [5.41, 5.74) is 4.25. The molecule has 0 fully saturated rings. The topological polar surface area (TPSA) is 63.8 Å². The van der Waals surface area contributed by atoms with Crippen molar-refractivity contribution >= 4 is 11.8 Å². The number of anilines is 2. The second-order valence-electron chi connectivity index (χ2n) is 6.22. The van der Waals surface area contributed by atoms with E-state index < -0.39 is 17.6 Å². The van der Waals surface area contributed by atoms with E-state index in [1.807, 2.05) is 34.6 Å². The predicted octanol–water partition coefficient (Wildman–Crippen LogP) is 3.56. The Labute approximate surface area is 117 Å². The normalized spacial score (nSPS) is 14.4. The van der Waals surface area contributed by atoms with Crippen molar-refractivity contribution in [2.75, 3.05) is 11.1 Å². The molecule has 1 aromatic heterocycles. The molecule has 0 saturated carbocycles. The van der Waals surface area contributed by atoms with Crippen LogP contribution in [-0.2, 0) is 6.18 Å². The minimum atomic E-state index is -4.54. The van der Waals surface area contributed by atoms with E-state index in [1.54, 1.807) is 0 Å². The van der Waals surface area contributed by atoms with Crippen molar-refractivity contribution in [1.29, 1.82) is 0 Å². The van der Waals surface area contributed by atoms with Crippen molar-refractivity contribution in [2.24, 2.45) is 11.3 Å². The molecule has 1 heterocycles. The maximum atomic E-state index is 12.6. The number of hydrogen-bond donors (Lipinski definition) is 2. The summed E-state index contributed by atoms with van der Waals surface area (Å²) < 4.78 is 37.7. The van der Waals surface area contributed by atoms with E-state index in [9.17, 15) is 13.2 Å². The van der Waals surface area contributed by atoms with Crippen molar-refractivity contribution in [3.8, 4) is 0 Å². The molecule has 7 heteroatoms. The number of nitrogens with two attached hydrogens (primary N) is 1. The van der Waals surface area contributed by atoms with Crippen LogP contribution < -0.4 is 11.1 Å². The lowest BCUT2D eigenvalue weighted by atomic mass is 9.80. The van der Waals surface area contributed by atoms with E-state index in [2.05, 4.69) is 15.3 Å². The summed E-state index contributed by atoms with van der Waals surface area (Å²) in [6.45, 7) is 10.2. The van der Waals surface area contributed by atoms with Crippen molar-refractivity contribution in [2.45, 2.75) is 46.8 Å². The Morgan fingerprint density at radius 1 is 1.20 bits per heavy atom. The summed E-state index contributed by atoms with van der Waals surface area (Å²) in [6, 6.07) is 0.0126. The van der Waals surface area contributed by atoms with Gasteiger partial charge in [-0.2, -0.15) is 18.2 Å². The zero-order valence-electron chi connectivity index (χ0n) is 12.3. The predicted molar refractivity (Wildman–Crippen MR) is 73.2 cm³/mol. The molecule has 0 radical (unpaired) electrons. The number of halogens is 3. The Kier molecular flexibility index (Phi) is 4.51. The molecule has 0 aromatic carbocycles. The van der Waals surface area contributed by atoms with Gasteiger partial charge in [0.15, 0.2) is 0 Å². The standard InChI is InChI=1S/C13H21F3N4/c1-7(2)9(12(3,4)5)19-11-18-6-8(10(17)20-11)13(14,15)16/h6-7,9H,1-5H3,(H3,17,18,19,20)/t9-/m1/s1. The summed E-state index contributed by atoms with van der Waals surface area (Å²) in [4.78, 5) is 7.43. The van der Waals surface area contributed by atoms with Gasteiger partial charge in [-0.25, -0.2) is 4.98 Å². The minimum Gasteiger partial charge on any atom is -0.383 e. The Balaban J connectivity index is 3.02. The fraction of sp³-hybridized carbons (Fsp3) is 0.692. The van der Waals surface area contributed by atoms with E-state index in [1.165, 1.54) is 0 Å². The van der Waals surface area contributed by atoms with Crippen LogP contribution in [0.2, 0.25) is 0 Å². The molecule has 4 nitrogen and oxygen atoms in total. The van der Waals surface area contributed by atoms with E-state index in [-0.39, 0.29) is 23.3 Å². The highest BCUT2D eigenvalue weighted by Crippen LogP contribution is 2.33. The highest BCUT2D eigenvalue weighted by Gasteiger charge is 2.35. The third-order valence-corrected chi connectivity index (χ3v) is 3.01. The maximum absolute atomic E-state index is 12.6. The average Bonchev–Trinajstić information content (AvgIpc) is 2.22. The van der Waals surface area contributed by atoms with Gasteiger partial charge in [0.05, 0.1) is 0 Å². The van der Waals surface area contributed by atoms with E-state index in [4.69, 9.17) is 5.73 Å². The number of aromatic nitrogens is 2. The lowest BCUT2D eigenvalue weighted by molar-refractivity contribution is -0.137. The average molecular weight is 290 g/mol. The Morgan fingerprint density at radius 3 is 2.10 bits per heavy atom. The van der Waals surface area contributed by atoms with Gasteiger partial charge >= 0.3 is 6.18 Å². The molecule has 1 atom stereocenters. The zero-order chi connectivity index (χ0) is 15.7. The van der Waals surface area contributed by atoms with Crippen LogP contribution in [0.3, 0.4) is 0 Å². The Bertz CT molecular complexity index is 464. The monoisotopic (exact) mass is 290 g/mol. The number of rotatable bonds is 3. The van der Waals surface area contributed by atoms with Crippen molar-refractivity contribution in [3.05, 3.63) is 11.8 Å². The van der Waals surface area contributed by atoms with Crippen LogP contribution in [0.15, 0.2) is 6.20 Å². The van der Waals surface area contributed by atoms with Gasteiger partial charge in [-0.1, -0.05) is 34.6 Å². The summed E-state index contributed by atoms with van der Waals surface area (Å²) in [5.74, 6) is -0.183. The highest BCUT2D eigenvalue weighted by atomic mass is 19.4. The third-order valence-electron chi connectivity index (χ3n) is 3.01. The number of nitrogen functional groups attached to an aromatic ring is 1. The van der Waals surface area contributed by atoms with Crippen molar-refractivity contribution < 1.29 is 13.2 Å². The lowest BCUT2D eigenvalue weighted by Gasteiger charge is -2.34. The first-order valence-electron chi connectivity index (χ1n) is 6.39. The summed E-state index contributed by atoms with van der Waals surface area (Å²) in [5, 5.41) is 3.07. The fourth-order valence-corrected chi connectivity index (χ4v) is 2.21. The Morgan fingerprint density at radius 2 is 1.75 bits per heavy atom. The van der Waals surface area contributed by atoms with Gasteiger partial charge in [0, 0.05) is 12.2 Å². The van der Waals surface area contributed by atoms with Crippen LogP contribution in [0, 0.1) is 11.3 Å². The quantitative estimate of drug-likeness (QED) is 0.893. The molecule has 0 amide bonds. The highest BCUT2D eigenvalue weighted by molar-refractivity contribution is 5.45. The second-order valence-corrected chi connectivity index (χ2v) is 6.22. The molecule has 0 saturated heterocycles. The maximum Gasteiger partial charge on any atom is 0.421 e. The minimum absolute atomic E-state index is 0.0126. The van der Waals surface area contributed by atoms with Crippen LogP contribution in [-0.4, -0.2) is 16.0 Å². The van der Waals surface area contributed by atoms with E-state index in [0.717, 1.165) is 0 Å². The molecule has 0 bridgehead atoms.